The van der Waals surface area contributed by atoms with Crippen molar-refractivity contribution in [1.29, 1.82) is 0 Å². The summed E-state index contributed by atoms with van der Waals surface area (Å²) in [5.74, 6) is -0.438. The van der Waals surface area contributed by atoms with Crippen LogP contribution in [0.1, 0.15) is 17.2 Å². The van der Waals surface area contributed by atoms with Gasteiger partial charge >= 0.3 is 0 Å². The third-order valence-electron chi connectivity index (χ3n) is 2.94. The summed E-state index contributed by atoms with van der Waals surface area (Å²) in [6.07, 6.45) is 0. The average molecular weight is 354 g/mol. The smallest absolute Gasteiger partial charge is 0.244 e. The lowest BCUT2D eigenvalue weighted by Crippen LogP contribution is -2.27. The van der Waals surface area contributed by atoms with E-state index in [9.17, 15) is 4.79 Å². The van der Waals surface area contributed by atoms with Gasteiger partial charge in [-0.3, -0.25) is 4.79 Å². The van der Waals surface area contributed by atoms with E-state index in [1.165, 1.54) is 0 Å². The van der Waals surface area contributed by atoms with Crippen LogP contribution in [0, 0.1) is 6.92 Å². The van der Waals surface area contributed by atoms with E-state index in [1.807, 2.05) is 37.3 Å². The van der Waals surface area contributed by atoms with Gasteiger partial charge in [-0.1, -0.05) is 45.7 Å². The van der Waals surface area contributed by atoms with Gasteiger partial charge in [-0.15, -0.1) is 0 Å². The predicted molar refractivity (Wildman–Crippen MR) is 85.9 cm³/mol. The molecule has 0 aromatic heterocycles. The van der Waals surface area contributed by atoms with Crippen LogP contribution < -0.4 is 11.1 Å². The summed E-state index contributed by atoms with van der Waals surface area (Å²) < 4.78 is 0.993. The number of amides is 1. The van der Waals surface area contributed by atoms with Crippen molar-refractivity contribution in [2.75, 3.05) is 5.32 Å². The Kier molecular flexibility index (Phi) is 4.68. The van der Waals surface area contributed by atoms with Crippen molar-refractivity contribution in [1.82, 2.24) is 0 Å². The van der Waals surface area contributed by atoms with E-state index in [0.29, 0.717) is 5.02 Å². The van der Waals surface area contributed by atoms with Gasteiger partial charge in [0.15, 0.2) is 0 Å². The second kappa shape index (κ2) is 6.29. The molecule has 0 spiro atoms. The number of hydrogen-bond acceptors (Lipinski definition) is 2. The van der Waals surface area contributed by atoms with Crippen LogP contribution in [0.4, 0.5) is 5.69 Å². The van der Waals surface area contributed by atoms with Crippen molar-refractivity contribution in [3.63, 3.8) is 0 Å². The fourth-order valence-corrected chi connectivity index (χ4v) is 2.35. The molecule has 1 amide bonds. The van der Waals surface area contributed by atoms with Crippen molar-refractivity contribution in [2.45, 2.75) is 13.0 Å². The van der Waals surface area contributed by atoms with Crippen LogP contribution in [0.25, 0.3) is 0 Å². The summed E-state index contributed by atoms with van der Waals surface area (Å²) in [6, 6.07) is 12.3. The number of rotatable bonds is 4. The first-order valence-corrected chi connectivity index (χ1v) is 7.22. The Hall–Kier alpha value is -1.52. The SMILES string of the molecule is Cc1cc(C(Nc2cccc(Cl)c2)C(N)=O)ccc1Br. The number of halogens is 2. The van der Waals surface area contributed by atoms with Gasteiger partial charge in [0.2, 0.25) is 5.91 Å². The van der Waals surface area contributed by atoms with Crippen LogP contribution in [0.2, 0.25) is 5.02 Å². The number of nitrogens with one attached hydrogen (secondary N) is 1. The highest BCUT2D eigenvalue weighted by Gasteiger charge is 2.18. The van der Waals surface area contributed by atoms with E-state index >= 15 is 0 Å². The lowest BCUT2D eigenvalue weighted by molar-refractivity contribution is -0.118. The molecule has 0 aliphatic heterocycles. The first-order chi connectivity index (χ1) is 9.47. The van der Waals surface area contributed by atoms with Crippen LogP contribution in [0.3, 0.4) is 0 Å². The highest BCUT2D eigenvalue weighted by Crippen LogP contribution is 2.25. The number of carbonyl (C=O) groups is 1. The van der Waals surface area contributed by atoms with Gasteiger partial charge in [0.1, 0.15) is 6.04 Å². The summed E-state index contributed by atoms with van der Waals surface area (Å²) in [5, 5.41) is 3.71. The predicted octanol–water partition coefficient (Wildman–Crippen LogP) is 4.05. The molecule has 104 valence electrons. The molecule has 3 nitrogen and oxygen atoms in total. The number of nitrogens with two attached hydrogens (primary N) is 1. The zero-order valence-corrected chi connectivity index (χ0v) is 13.2. The maximum Gasteiger partial charge on any atom is 0.244 e. The van der Waals surface area contributed by atoms with Crippen LogP contribution in [-0.4, -0.2) is 5.91 Å². The zero-order chi connectivity index (χ0) is 14.7. The normalized spacial score (nSPS) is 11.9. The molecule has 0 saturated carbocycles. The van der Waals surface area contributed by atoms with E-state index in [-0.39, 0.29) is 0 Å². The lowest BCUT2D eigenvalue weighted by atomic mass is 10.0. The number of carbonyl (C=O) groups excluding carboxylic acids is 1. The Morgan fingerprint density at radius 3 is 2.65 bits per heavy atom. The minimum absolute atomic E-state index is 0.438. The monoisotopic (exact) mass is 352 g/mol. The topological polar surface area (TPSA) is 55.1 Å². The Bertz CT molecular complexity index is 646. The molecule has 3 N–H and O–H groups in total. The minimum atomic E-state index is -0.597. The summed E-state index contributed by atoms with van der Waals surface area (Å²) in [7, 11) is 0. The molecule has 0 bridgehead atoms. The number of hydrogen-bond donors (Lipinski definition) is 2. The standard InChI is InChI=1S/C15H14BrClN2O/c1-9-7-10(5-6-13(9)16)14(15(18)20)19-12-4-2-3-11(17)8-12/h2-8,14,19H,1H3,(H2,18,20). The lowest BCUT2D eigenvalue weighted by Gasteiger charge is -2.18. The molecule has 2 rings (SSSR count). The Labute approximate surface area is 131 Å². The van der Waals surface area contributed by atoms with Gasteiger partial charge < -0.3 is 11.1 Å². The van der Waals surface area contributed by atoms with Crippen LogP contribution in [0.15, 0.2) is 46.9 Å². The van der Waals surface area contributed by atoms with Crippen molar-refractivity contribution in [3.8, 4) is 0 Å². The van der Waals surface area contributed by atoms with E-state index in [2.05, 4.69) is 21.2 Å². The van der Waals surface area contributed by atoms with Gasteiger partial charge in [0, 0.05) is 15.2 Å². The van der Waals surface area contributed by atoms with Gasteiger partial charge in [0.25, 0.3) is 0 Å². The first-order valence-electron chi connectivity index (χ1n) is 6.05. The second-order valence-corrected chi connectivity index (χ2v) is 5.79. The largest absolute Gasteiger partial charge is 0.370 e. The van der Waals surface area contributed by atoms with Crippen LogP contribution in [0.5, 0.6) is 0 Å². The third-order valence-corrected chi connectivity index (χ3v) is 4.06. The van der Waals surface area contributed by atoms with E-state index in [0.717, 1.165) is 21.3 Å². The molecule has 0 heterocycles. The fourth-order valence-electron chi connectivity index (χ4n) is 1.91. The van der Waals surface area contributed by atoms with Crippen LogP contribution in [-0.2, 0) is 4.79 Å². The quantitative estimate of drug-likeness (QED) is 0.871. The number of anilines is 1. The second-order valence-electron chi connectivity index (χ2n) is 4.50. The summed E-state index contributed by atoms with van der Waals surface area (Å²) in [4.78, 5) is 11.7. The van der Waals surface area contributed by atoms with Crippen molar-refractivity contribution in [2.24, 2.45) is 5.73 Å². The van der Waals surface area contributed by atoms with Gasteiger partial charge in [0.05, 0.1) is 0 Å². The Balaban J connectivity index is 2.32. The molecule has 1 atom stereocenters. The highest BCUT2D eigenvalue weighted by molar-refractivity contribution is 9.10. The van der Waals surface area contributed by atoms with Gasteiger partial charge in [-0.2, -0.15) is 0 Å². The zero-order valence-electron chi connectivity index (χ0n) is 10.9. The molecular formula is C15H14BrClN2O. The molecule has 2 aromatic carbocycles. The van der Waals surface area contributed by atoms with E-state index in [4.69, 9.17) is 17.3 Å². The molecule has 0 fully saturated rings. The average Bonchev–Trinajstić information content (AvgIpc) is 2.39. The Morgan fingerprint density at radius 1 is 1.30 bits per heavy atom. The number of aryl methyl sites for hydroxylation is 1. The first kappa shape index (κ1) is 14.9. The molecule has 5 heteroatoms. The van der Waals surface area contributed by atoms with Crippen molar-refractivity contribution < 1.29 is 4.79 Å². The molecule has 20 heavy (non-hydrogen) atoms. The van der Waals surface area contributed by atoms with E-state index in [1.54, 1.807) is 12.1 Å². The fraction of sp³-hybridized carbons (Fsp3) is 0.133. The summed E-state index contributed by atoms with van der Waals surface area (Å²) in [5.41, 5.74) is 8.11. The number of benzene rings is 2. The molecule has 0 saturated heterocycles. The minimum Gasteiger partial charge on any atom is -0.370 e. The van der Waals surface area contributed by atoms with Crippen molar-refractivity contribution >= 4 is 39.1 Å². The molecule has 0 aliphatic carbocycles. The molecule has 0 radical (unpaired) electrons. The Morgan fingerprint density at radius 2 is 2.05 bits per heavy atom. The van der Waals surface area contributed by atoms with Gasteiger partial charge in [-0.05, 0) is 42.3 Å². The third kappa shape index (κ3) is 3.52. The summed E-state index contributed by atoms with van der Waals surface area (Å²) in [6.45, 7) is 1.96. The van der Waals surface area contributed by atoms with Crippen LogP contribution >= 0.6 is 27.5 Å². The number of primary amides is 1. The maximum absolute atomic E-state index is 11.7. The molecular weight excluding hydrogens is 340 g/mol. The molecule has 2 aromatic rings. The summed E-state index contributed by atoms with van der Waals surface area (Å²) >= 11 is 9.38. The molecule has 1 unspecified atom stereocenters. The van der Waals surface area contributed by atoms with Crippen molar-refractivity contribution in [3.05, 3.63) is 63.1 Å². The van der Waals surface area contributed by atoms with E-state index < -0.39 is 11.9 Å². The maximum atomic E-state index is 11.7. The highest BCUT2D eigenvalue weighted by atomic mass is 79.9. The molecule has 0 aliphatic rings. The van der Waals surface area contributed by atoms with Gasteiger partial charge in [-0.25, -0.2) is 0 Å².